The molecule has 6 heterocycles. The van der Waals surface area contributed by atoms with Crippen LogP contribution in [-0.4, -0.2) is 7.05 Å². The molecule has 0 aliphatic carbocycles. The highest BCUT2D eigenvalue weighted by Gasteiger charge is 2.13. The molecule has 0 unspecified atom stereocenters. The lowest BCUT2D eigenvalue weighted by Gasteiger charge is -1.93. The number of anilines is 1. The molecule has 0 amide bonds. The van der Waals surface area contributed by atoms with Gasteiger partial charge >= 0.3 is 0 Å². The van der Waals surface area contributed by atoms with Gasteiger partial charge in [0.15, 0.2) is 0 Å². The summed E-state index contributed by atoms with van der Waals surface area (Å²) in [4.78, 5) is 14.8. The van der Waals surface area contributed by atoms with Crippen molar-refractivity contribution in [2.24, 2.45) is 0 Å². The van der Waals surface area contributed by atoms with Crippen LogP contribution in [0.5, 0.6) is 0 Å². The molecule has 0 atom stereocenters. The average Bonchev–Trinajstić information content (AvgIpc) is 3.64. The molecule has 6 aromatic heterocycles. The minimum absolute atomic E-state index is 1.20. The first-order valence-corrected chi connectivity index (χ1v) is 15.3. The van der Waals surface area contributed by atoms with Gasteiger partial charge in [-0.3, -0.25) is 0 Å². The number of rotatable bonds is 6. The van der Waals surface area contributed by atoms with E-state index < -0.39 is 0 Å². The zero-order chi connectivity index (χ0) is 22.4. The minimum atomic E-state index is 1.20. The maximum Gasteiger partial charge on any atom is 0.0886 e. The fraction of sp³-hybridized carbons (Fsp3) is 0.0769. The van der Waals surface area contributed by atoms with Crippen molar-refractivity contribution < 1.29 is 0 Å². The number of thiophene rings is 6. The molecule has 33 heavy (non-hydrogen) atoms. The van der Waals surface area contributed by atoms with E-state index in [1.54, 1.807) is 11.3 Å². The van der Waals surface area contributed by atoms with E-state index in [1.807, 2.05) is 63.7 Å². The molecule has 0 radical (unpaired) electrons. The minimum Gasteiger partial charge on any atom is -0.380 e. The van der Waals surface area contributed by atoms with Gasteiger partial charge in [-0.1, -0.05) is 0 Å². The van der Waals surface area contributed by atoms with E-state index in [2.05, 4.69) is 85.0 Å². The van der Waals surface area contributed by atoms with Crippen LogP contribution in [0.25, 0.3) is 48.8 Å². The van der Waals surface area contributed by atoms with Crippen molar-refractivity contribution in [2.75, 3.05) is 12.4 Å². The summed E-state index contributed by atoms with van der Waals surface area (Å²) in [5.74, 6) is 0. The zero-order valence-corrected chi connectivity index (χ0v) is 22.8. The molecule has 0 saturated carbocycles. The molecule has 0 saturated heterocycles. The van der Waals surface area contributed by atoms with Gasteiger partial charge in [0.05, 0.1) is 5.00 Å². The predicted octanol–water partition coefficient (Wildman–Crippen LogP) is 10.7. The van der Waals surface area contributed by atoms with Gasteiger partial charge in [-0.15, -0.1) is 68.0 Å². The summed E-state index contributed by atoms with van der Waals surface area (Å²) in [6, 6.07) is 26.9. The summed E-state index contributed by atoms with van der Waals surface area (Å²) in [5.41, 5.74) is 0. The van der Waals surface area contributed by atoms with Crippen LogP contribution in [0, 0.1) is 6.92 Å². The van der Waals surface area contributed by atoms with Gasteiger partial charge in [0, 0.05) is 60.7 Å². The Morgan fingerprint density at radius 1 is 0.394 bits per heavy atom. The Bertz CT molecular complexity index is 1530. The Kier molecular flexibility index (Phi) is 5.86. The fourth-order valence-corrected chi connectivity index (χ4v) is 9.79. The smallest absolute Gasteiger partial charge is 0.0886 e. The third-order valence-electron chi connectivity index (χ3n) is 5.23. The lowest BCUT2D eigenvalue weighted by Crippen LogP contribution is -1.79. The van der Waals surface area contributed by atoms with Gasteiger partial charge in [0.1, 0.15) is 0 Å². The van der Waals surface area contributed by atoms with E-state index in [9.17, 15) is 0 Å². The second kappa shape index (κ2) is 8.98. The Morgan fingerprint density at radius 3 is 1.00 bits per heavy atom. The normalized spacial score (nSPS) is 11.3. The van der Waals surface area contributed by atoms with Crippen molar-refractivity contribution in [1.82, 2.24) is 0 Å². The lowest BCUT2D eigenvalue weighted by molar-refractivity contribution is 1.60. The molecule has 0 spiro atoms. The molecule has 164 valence electrons. The van der Waals surface area contributed by atoms with Crippen molar-refractivity contribution in [3.05, 3.63) is 77.7 Å². The van der Waals surface area contributed by atoms with Crippen LogP contribution in [0.15, 0.2) is 72.8 Å². The van der Waals surface area contributed by atoms with E-state index in [4.69, 9.17) is 0 Å². The van der Waals surface area contributed by atoms with Crippen molar-refractivity contribution in [2.45, 2.75) is 6.92 Å². The van der Waals surface area contributed by atoms with Crippen LogP contribution < -0.4 is 5.32 Å². The van der Waals surface area contributed by atoms with Crippen molar-refractivity contribution >= 4 is 73.0 Å². The largest absolute Gasteiger partial charge is 0.380 e. The van der Waals surface area contributed by atoms with Gasteiger partial charge in [0.2, 0.25) is 0 Å². The van der Waals surface area contributed by atoms with E-state index in [0.717, 1.165) is 0 Å². The summed E-state index contributed by atoms with van der Waals surface area (Å²) in [5, 5.41) is 4.43. The van der Waals surface area contributed by atoms with E-state index in [-0.39, 0.29) is 0 Å². The first-order valence-electron chi connectivity index (χ1n) is 10.4. The van der Waals surface area contributed by atoms with Crippen LogP contribution in [0.2, 0.25) is 0 Å². The third-order valence-corrected chi connectivity index (χ3v) is 12.7. The molecule has 6 aromatic rings. The monoisotopic (exact) mass is 537 g/mol. The van der Waals surface area contributed by atoms with Gasteiger partial charge in [-0.25, -0.2) is 0 Å². The van der Waals surface area contributed by atoms with Crippen LogP contribution in [-0.2, 0) is 0 Å². The Morgan fingerprint density at radius 2 is 0.697 bits per heavy atom. The van der Waals surface area contributed by atoms with E-state index in [0.29, 0.717) is 0 Å². The molecule has 0 aliphatic rings. The maximum absolute atomic E-state index is 3.23. The summed E-state index contributed by atoms with van der Waals surface area (Å²) in [6.07, 6.45) is 0. The topological polar surface area (TPSA) is 12.0 Å². The lowest BCUT2D eigenvalue weighted by atomic mass is 10.3. The summed E-state index contributed by atoms with van der Waals surface area (Å²) >= 11 is 11.2. The first-order chi connectivity index (χ1) is 16.2. The van der Waals surface area contributed by atoms with Gasteiger partial charge in [-0.2, -0.15) is 0 Å². The molecule has 6 rings (SSSR count). The molecule has 0 aromatic carbocycles. The molecule has 7 heteroatoms. The Labute approximate surface area is 217 Å². The Hall–Kier alpha value is -2.00. The number of hydrogen-bond donors (Lipinski definition) is 1. The highest BCUT2D eigenvalue weighted by atomic mass is 32.1. The van der Waals surface area contributed by atoms with E-state index >= 15 is 0 Å². The number of nitrogens with one attached hydrogen (secondary N) is 1. The van der Waals surface area contributed by atoms with Crippen LogP contribution in [0.4, 0.5) is 5.00 Å². The summed E-state index contributed by atoms with van der Waals surface area (Å²) in [6.45, 7) is 2.17. The van der Waals surface area contributed by atoms with Crippen molar-refractivity contribution in [1.29, 1.82) is 0 Å². The van der Waals surface area contributed by atoms with Crippen molar-refractivity contribution in [3.8, 4) is 48.8 Å². The molecule has 0 bridgehead atoms. The van der Waals surface area contributed by atoms with Gasteiger partial charge < -0.3 is 5.32 Å². The average molecular weight is 538 g/mol. The number of aryl methyl sites for hydroxylation is 1. The molecule has 1 nitrogen and oxygen atoms in total. The highest BCUT2D eigenvalue weighted by molar-refractivity contribution is 7.30. The van der Waals surface area contributed by atoms with E-state index in [1.165, 1.54) is 58.6 Å². The third kappa shape index (κ3) is 4.30. The summed E-state index contributed by atoms with van der Waals surface area (Å²) in [7, 11) is 1.97. The first kappa shape index (κ1) is 21.5. The zero-order valence-electron chi connectivity index (χ0n) is 17.9. The van der Waals surface area contributed by atoms with Crippen LogP contribution in [0.3, 0.4) is 0 Å². The van der Waals surface area contributed by atoms with Gasteiger partial charge in [0.25, 0.3) is 0 Å². The maximum atomic E-state index is 3.23. The second-order valence-electron chi connectivity index (χ2n) is 7.48. The molecule has 0 fully saturated rings. The molecular weight excluding hydrogens is 519 g/mol. The van der Waals surface area contributed by atoms with Crippen molar-refractivity contribution in [3.63, 3.8) is 0 Å². The molecular formula is C26H19NS6. The second-order valence-corrected chi connectivity index (χ2v) is 14.2. The molecule has 1 N–H and O–H groups in total. The van der Waals surface area contributed by atoms with Crippen LogP contribution >= 0.6 is 68.0 Å². The SMILES string of the molecule is CNc1ccc(-c2ccc(-c3ccc(-c4ccc(-c5ccc(-c6ccc(C)s6)s5)s4)s3)s2)s1. The van der Waals surface area contributed by atoms with Crippen LogP contribution in [0.1, 0.15) is 4.88 Å². The molecule has 0 aliphatic heterocycles. The summed E-state index contributed by atoms with van der Waals surface area (Å²) < 4.78 is 0. The quantitative estimate of drug-likeness (QED) is 0.223. The number of hydrogen-bond acceptors (Lipinski definition) is 7. The fourth-order valence-electron chi connectivity index (χ4n) is 3.58. The highest BCUT2D eigenvalue weighted by Crippen LogP contribution is 2.46. The predicted molar refractivity (Wildman–Crippen MR) is 155 cm³/mol. The Balaban J connectivity index is 1.23. The van der Waals surface area contributed by atoms with Gasteiger partial charge in [-0.05, 0) is 79.7 Å². The standard InChI is InChI=1S/C26H19NS6/c1-15-3-4-16(28-15)17-5-6-18(29-17)19-7-8-20(30-19)21-9-10-22(31-21)23-11-12-24(32-23)25-13-14-26(27-2)33-25/h3-14,27H,1-2H3.